The van der Waals surface area contributed by atoms with Crippen molar-refractivity contribution in [3.63, 3.8) is 0 Å². The molecule has 0 aromatic heterocycles. The number of fused-ring (bicyclic) bond motifs is 1. The molecule has 0 aliphatic carbocycles. The van der Waals surface area contributed by atoms with Crippen molar-refractivity contribution in [3.05, 3.63) is 41.3 Å². The molecule has 0 bridgehead atoms. The van der Waals surface area contributed by atoms with E-state index in [9.17, 15) is 0 Å². The predicted octanol–water partition coefficient (Wildman–Crippen LogP) is 3.15. The maximum atomic E-state index is 4.32. The number of thioether (sulfide) groups is 1. The van der Waals surface area contributed by atoms with Gasteiger partial charge in [0.05, 0.1) is 5.69 Å². The standard InChI is InChI=1S/C10H9NS/c1-2-5-10-9(4-1)8-12-7-3-6-11-10/h1-7H,8H2/b7-3-,11-6-. The molecule has 0 fully saturated rings. The highest BCUT2D eigenvalue weighted by molar-refractivity contribution is 8.01. The fourth-order valence-corrected chi connectivity index (χ4v) is 1.81. The Hall–Kier alpha value is -1.02. The summed E-state index contributed by atoms with van der Waals surface area (Å²) in [5.74, 6) is 1.02. The van der Waals surface area contributed by atoms with Crippen LogP contribution in [0.2, 0.25) is 0 Å². The lowest BCUT2D eigenvalue weighted by Crippen LogP contribution is -1.82. The summed E-state index contributed by atoms with van der Waals surface area (Å²) in [5.41, 5.74) is 2.40. The molecule has 1 aromatic rings. The molecule has 0 unspecified atom stereocenters. The zero-order chi connectivity index (χ0) is 8.23. The summed E-state index contributed by atoms with van der Waals surface area (Å²) >= 11 is 1.80. The molecule has 60 valence electrons. The monoisotopic (exact) mass is 175 g/mol. The lowest BCUT2D eigenvalue weighted by molar-refractivity contribution is 1.37. The first kappa shape index (κ1) is 7.62. The van der Waals surface area contributed by atoms with Crippen LogP contribution in [-0.2, 0) is 5.75 Å². The Morgan fingerprint density at radius 2 is 2.17 bits per heavy atom. The number of hydrogen-bond acceptors (Lipinski definition) is 2. The van der Waals surface area contributed by atoms with Crippen LogP contribution >= 0.6 is 11.8 Å². The maximum absolute atomic E-state index is 4.32. The van der Waals surface area contributed by atoms with Gasteiger partial charge in [-0.2, -0.15) is 0 Å². The molecule has 1 heterocycles. The number of hydrogen-bond donors (Lipinski definition) is 0. The van der Waals surface area contributed by atoms with Gasteiger partial charge in [-0.1, -0.05) is 18.2 Å². The average molecular weight is 175 g/mol. The minimum absolute atomic E-state index is 1.02. The number of para-hydroxylation sites is 1. The molecule has 1 aliphatic heterocycles. The molecule has 1 nitrogen and oxygen atoms in total. The van der Waals surface area contributed by atoms with Gasteiger partial charge in [-0.05, 0) is 23.1 Å². The molecule has 2 heteroatoms. The molecule has 0 saturated carbocycles. The molecule has 12 heavy (non-hydrogen) atoms. The Morgan fingerprint density at radius 1 is 1.25 bits per heavy atom. The van der Waals surface area contributed by atoms with Gasteiger partial charge in [0.25, 0.3) is 0 Å². The quantitative estimate of drug-likeness (QED) is 0.590. The number of allylic oxidation sites excluding steroid dienone is 1. The largest absolute Gasteiger partial charge is 0.257 e. The van der Waals surface area contributed by atoms with Crippen molar-refractivity contribution < 1.29 is 0 Å². The van der Waals surface area contributed by atoms with Crippen LogP contribution in [-0.4, -0.2) is 6.21 Å². The summed E-state index contributed by atoms with van der Waals surface area (Å²) in [6.07, 6.45) is 3.81. The van der Waals surface area contributed by atoms with Crippen LogP contribution in [0.15, 0.2) is 40.7 Å². The van der Waals surface area contributed by atoms with Crippen molar-refractivity contribution in [2.24, 2.45) is 4.99 Å². The van der Waals surface area contributed by atoms with Crippen molar-refractivity contribution in [2.45, 2.75) is 5.75 Å². The molecule has 0 atom stereocenters. The van der Waals surface area contributed by atoms with Crippen LogP contribution in [0.25, 0.3) is 0 Å². The van der Waals surface area contributed by atoms with Crippen molar-refractivity contribution in [1.29, 1.82) is 0 Å². The van der Waals surface area contributed by atoms with E-state index >= 15 is 0 Å². The van der Waals surface area contributed by atoms with Gasteiger partial charge < -0.3 is 0 Å². The van der Waals surface area contributed by atoms with Gasteiger partial charge in [0.15, 0.2) is 0 Å². The minimum Gasteiger partial charge on any atom is -0.257 e. The van der Waals surface area contributed by atoms with Gasteiger partial charge in [0.2, 0.25) is 0 Å². The summed E-state index contributed by atoms with van der Waals surface area (Å²) < 4.78 is 0. The zero-order valence-electron chi connectivity index (χ0n) is 6.60. The zero-order valence-corrected chi connectivity index (χ0v) is 7.42. The second-order valence-corrected chi connectivity index (χ2v) is 3.44. The lowest BCUT2D eigenvalue weighted by atomic mass is 10.2. The molecular formula is C10H9NS. The fourth-order valence-electron chi connectivity index (χ4n) is 1.11. The first-order valence-corrected chi connectivity index (χ1v) is 4.90. The van der Waals surface area contributed by atoms with Gasteiger partial charge in [0.1, 0.15) is 0 Å². The molecule has 1 aromatic carbocycles. The van der Waals surface area contributed by atoms with Gasteiger partial charge >= 0.3 is 0 Å². The smallest absolute Gasteiger partial charge is 0.0670 e. The molecule has 0 radical (unpaired) electrons. The summed E-state index contributed by atoms with van der Waals surface area (Å²) in [4.78, 5) is 4.32. The first-order chi connectivity index (χ1) is 5.97. The van der Waals surface area contributed by atoms with Crippen molar-refractivity contribution in [3.8, 4) is 0 Å². The van der Waals surface area contributed by atoms with E-state index in [1.165, 1.54) is 5.56 Å². The van der Waals surface area contributed by atoms with Crippen molar-refractivity contribution >= 4 is 23.7 Å². The minimum atomic E-state index is 1.02. The lowest BCUT2D eigenvalue weighted by Gasteiger charge is -2.04. The Kier molecular flexibility index (Phi) is 2.28. The highest BCUT2D eigenvalue weighted by atomic mass is 32.2. The molecule has 2 rings (SSSR count). The van der Waals surface area contributed by atoms with Crippen molar-refractivity contribution in [2.75, 3.05) is 0 Å². The Balaban J connectivity index is 2.43. The number of rotatable bonds is 0. The first-order valence-electron chi connectivity index (χ1n) is 3.85. The van der Waals surface area contributed by atoms with Crippen LogP contribution in [0, 0.1) is 0 Å². The van der Waals surface area contributed by atoms with Gasteiger partial charge in [-0.15, -0.1) is 11.8 Å². The van der Waals surface area contributed by atoms with Gasteiger partial charge in [0, 0.05) is 12.0 Å². The molecule has 0 N–H and O–H groups in total. The van der Waals surface area contributed by atoms with Crippen LogP contribution < -0.4 is 0 Å². The van der Waals surface area contributed by atoms with Crippen LogP contribution in [0.1, 0.15) is 5.56 Å². The maximum Gasteiger partial charge on any atom is 0.0670 e. The third-order valence-electron chi connectivity index (χ3n) is 1.70. The summed E-state index contributed by atoms with van der Waals surface area (Å²) in [6, 6.07) is 8.25. The third-order valence-corrected chi connectivity index (χ3v) is 2.53. The molecule has 0 saturated heterocycles. The second-order valence-electron chi connectivity index (χ2n) is 2.55. The van der Waals surface area contributed by atoms with E-state index < -0.39 is 0 Å². The molecule has 0 spiro atoms. The summed E-state index contributed by atoms with van der Waals surface area (Å²) in [5, 5.41) is 2.07. The SMILES string of the molecule is C1=C\SCc2ccccc2\N=C/1. The molecule has 1 aliphatic rings. The van der Waals surface area contributed by atoms with Gasteiger partial charge in [-0.25, -0.2) is 0 Å². The van der Waals surface area contributed by atoms with Crippen LogP contribution in [0.4, 0.5) is 5.69 Å². The predicted molar refractivity (Wildman–Crippen MR) is 55.0 cm³/mol. The number of aliphatic imine (C=N–C) groups is 1. The Labute approximate surface area is 76.2 Å². The van der Waals surface area contributed by atoms with E-state index in [-0.39, 0.29) is 0 Å². The summed E-state index contributed by atoms with van der Waals surface area (Å²) in [6.45, 7) is 0. The molecular weight excluding hydrogens is 166 g/mol. The normalized spacial score (nSPS) is 20.3. The topological polar surface area (TPSA) is 12.4 Å². The molecule has 0 amide bonds. The third kappa shape index (κ3) is 1.59. The highest BCUT2D eigenvalue weighted by Gasteiger charge is 1.99. The van der Waals surface area contributed by atoms with Gasteiger partial charge in [-0.3, -0.25) is 4.99 Å². The van der Waals surface area contributed by atoms with Crippen LogP contribution in [0.5, 0.6) is 0 Å². The summed E-state index contributed by atoms with van der Waals surface area (Å²) in [7, 11) is 0. The Bertz CT molecular complexity index is 328. The highest BCUT2D eigenvalue weighted by Crippen LogP contribution is 2.24. The van der Waals surface area contributed by atoms with E-state index in [1.54, 1.807) is 11.8 Å². The Morgan fingerprint density at radius 3 is 3.17 bits per heavy atom. The van der Waals surface area contributed by atoms with E-state index in [0.29, 0.717) is 0 Å². The number of nitrogens with zero attached hydrogens (tertiary/aromatic N) is 1. The number of benzene rings is 1. The average Bonchev–Trinajstić information content (AvgIpc) is 2.06. The fraction of sp³-hybridized carbons (Fsp3) is 0.100. The van der Waals surface area contributed by atoms with E-state index in [0.717, 1.165) is 11.4 Å². The second kappa shape index (κ2) is 3.59. The van der Waals surface area contributed by atoms with Crippen molar-refractivity contribution in [1.82, 2.24) is 0 Å². The van der Waals surface area contributed by atoms with E-state index in [1.807, 2.05) is 24.4 Å². The van der Waals surface area contributed by atoms with E-state index in [4.69, 9.17) is 0 Å². The van der Waals surface area contributed by atoms with Crippen LogP contribution in [0.3, 0.4) is 0 Å². The van der Waals surface area contributed by atoms with E-state index in [2.05, 4.69) is 22.5 Å².